The van der Waals surface area contributed by atoms with Crippen LogP contribution in [0.4, 0.5) is 0 Å². The van der Waals surface area contributed by atoms with Gasteiger partial charge in [0.15, 0.2) is 0 Å². The monoisotopic (exact) mass is 516 g/mol. The summed E-state index contributed by atoms with van der Waals surface area (Å²) in [5.41, 5.74) is 0. The molecule has 1 saturated heterocycles. The molecule has 1 N–H and O–H groups in total. The molecular weight excluding hydrogens is 475 g/mol. The van der Waals surface area contributed by atoms with E-state index >= 15 is 0 Å². The summed E-state index contributed by atoms with van der Waals surface area (Å²) in [6.07, 6.45) is 7.74. The van der Waals surface area contributed by atoms with Crippen molar-refractivity contribution in [3.63, 3.8) is 0 Å². The summed E-state index contributed by atoms with van der Waals surface area (Å²) >= 11 is -2.48. The Morgan fingerprint density at radius 3 is 1.75 bits per heavy atom. The van der Waals surface area contributed by atoms with Gasteiger partial charge in [-0.2, -0.15) is 0 Å². The molecule has 160 valence electrons. The van der Waals surface area contributed by atoms with Crippen molar-refractivity contribution < 1.29 is 8.42 Å². The molecule has 2 rings (SSSR count). The van der Waals surface area contributed by atoms with Crippen LogP contribution in [-0.4, -0.2) is 57.3 Å². The number of hydrogen-bond donors (Lipinski definition) is 1. The van der Waals surface area contributed by atoms with Crippen molar-refractivity contribution in [2.24, 2.45) is 0 Å². The van der Waals surface area contributed by atoms with Gasteiger partial charge in [0.1, 0.15) is 0 Å². The molecule has 1 aromatic carbocycles. The average Bonchev–Trinajstić information content (AvgIpc) is 2.74. The van der Waals surface area contributed by atoms with E-state index in [2.05, 4.69) is 38.2 Å². The van der Waals surface area contributed by atoms with Gasteiger partial charge in [0, 0.05) is 0 Å². The van der Waals surface area contributed by atoms with Crippen LogP contribution < -0.4 is 8.90 Å². The second-order valence-corrected chi connectivity index (χ2v) is 23.4. The Bertz CT molecular complexity index is 649. The van der Waals surface area contributed by atoms with Crippen molar-refractivity contribution >= 4 is 32.0 Å². The zero-order valence-electron chi connectivity index (χ0n) is 18.2. The summed E-state index contributed by atoms with van der Waals surface area (Å²) in [5.74, 6) is 0. The molecule has 4 nitrogen and oxygen atoms in total. The van der Waals surface area contributed by atoms with Crippen LogP contribution in [0, 0.1) is 0 Å². The van der Waals surface area contributed by atoms with E-state index in [4.69, 9.17) is 0 Å². The Labute approximate surface area is 177 Å². The predicted molar refractivity (Wildman–Crippen MR) is 123 cm³/mol. The van der Waals surface area contributed by atoms with E-state index in [1.54, 1.807) is 7.88 Å². The molecule has 0 spiro atoms. The fraction of sp³-hybridized carbons (Fsp3) is 0.727. The minimum absolute atomic E-state index is 0.472. The first-order chi connectivity index (χ1) is 13.5. The van der Waals surface area contributed by atoms with Gasteiger partial charge in [0.25, 0.3) is 0 Å². The molecule has 0 saturated carbocycles. The van der Waals surface area contributed by atoms with Crippen LogP contribution in [-0.2, 0) is 10.0 Å². The van der Waals surface area contributed by atoms with Crippen LogP contribution in [0.5, 0.6) is 0 Å². The Kier molecular flexibility index (Phi) is 10.3. The molecule has 0 unspecified atom stereocenters. The standard InChI is InChI=1S/C10H13N2O2S.3C4H9.Sn/c13-15(14,10-4-2-1-3-5-10)12-8-6-11-7-9-12;3*1-3-4-2;/h2-5,11H,6-9H2;3*1,3-4H2,2H3;. The van der Waals surface area contributed by atoms with Gasteiger partial charge in [0.2, 0.25) is 0 Å². The second kappa shape index (κ2) is 11.9. The molecule has 0 aliphatic carbocycles. The van der Waals surface area contributed by atoms with Gasteiger partial charge in [-0.1, -0.05) is 0 Å². The SMILES string of the molecule is CCC[CH2][Sn]([CH2]CCC)([CH2]CCC)[c]1ccc(S(=O)(=O)N2CCNCC2)cc1. The first kappa shape index (κ1) is 24.2. The van der Waals surface area contributed by atoms with Gasteiger partial charge < -0.3 is 0 Å². The first-order valence-electron chi connectivity index (χ1n) is 11.3. The molecule has 0 atom stereocenters. The summed E-state index contributed by atoms with van der Waals surface area (Å²) in [6.45, 7) is 9.48. The number of unbranched alkanes of at least 4 members (excludes halogenated alkanes) is 3. The summed E-state index contributed by atoms with van der Waals surface area (Å²) in [7, 11) is -3.36. The average molecular weight is 515 g/mol. The predicted octanol–water partition coefficient (Wildman–Crippen LogP) is 4.34. The van der Waals surface area contributed by atoms with E-state index in [9.17, 15) is 8.42 Å². The van der Waals surface area contributed by atoms with Crippen molar-refractivity contribution in [1.29, 1.82) is 0 Å². The molecule has 0 radical (unpaired) electrons. The van der Waals surface area contributed by atoms with Gasteiger partial charge in [-0.15, -0.1) is 0 Å². The van der Waals surface area contributed by atoms with E-state index in [-0.39, 0.29) is 0 Å². The normalized spacial score (nSPS) is 16.4. The number of hydrogen-bond acceptors (Lipinski definition) is 3. The summed E-state index contributed by atoms with van der Waals surface area (Å²) in [4.78, 5) is 0.472. The molecule has 1 aliphatic heterocycles. The molecule has 0 amide bonds. The maximum absolute atomic E-state index is 13.0. The van der Waals surface area contributed by atoms with E-state index in [1.165, 1.54) is 51.8 Å². The molecule has 6 heteroatoms. The molecule has 1 aliphatic rings. The topological polar surface area (TPSA) is 49.4 Å². The number of nitrogens with zero attached hydrogens (tertiary/aromatic N) is 1. The van der Waals surface area contributed by atoms with Crippen molar-refractivity contribution in [3.8, 4) is 0 Å². The fourth-order valence-corrected chi connectivity index (χ4v) is 21.7. The Hall–Kier alpha value is -0.111. The van der Waals surface area contributed by atoms with Crippen LogP contribution in [0.15, 0.2) is 29.2 Å². The van der Waals surface area contributed by atoms with Crippen LogP contribution in [0.25, 0.3) is 0 Å². The number of sulfonamides is 1. The molecule has 0 aromatic heterocycles. The number of rotatable bonds is 12. The molecule has 1 heterocycles. The van der Waals surface area contributed by atoms with Crippen molar-refractivity contribution in [2.75, 3.05) is 26.2 Å². The second-order valence-electron chi connectivity index (χ2n) is 8.27. The maximum atomic E-state index is 13.0. The molecule has 1 fully saturated rings. The van der Waals surface area contributed by atoms with Crippen molar-refractivity contribution in [2.45, 2.75) is 77.5 Å². The number of nitrogens with one attached hydrogen (secondary N) is 1. The molecule has 28 heavy (non-hydrogen) atoms. The van der Waals surface area contributed by atoms with Crippen LogP contribution in [0.2, 0.25) is 13.3 Å². The van der Waals surface area contributed by atoms with Gasteiger partial charge in [-0.25, -0.2) is 0 Å². The quantitative estimate of drug-likeness (QED) is 0.422. The molecular formula is C22H40N2O2SSn. The molecule has 1 aromatic rings. The zero-order valence-corrected chi connectivity index (χ0v) is 21.8. The summed E-state index contributed by atoms with van der Waals surface area (Å²) in [6, 6.07) is 8.21. The Morgan fingerprint density at radius 2 is 1.32 bits per heavy atom. The van der Waals surface area contributed by atoms with Gasteiger partial charge >= 0.3 is 178 Å². The van der Waals surface area contributed by atoms with Crippen LogP contribution in [0.3, 0.4) is 0 Å². The third-order valence-corrected chi connectivity index (χ3v) is 23.8. The third-order valence-electron chi connectivity index (χ3n) is 6.21. The third kappa shape index (κ3) is 6.19. The Balaban J connectivity index is 2.30. The number of benzene rings is 1. The van der Waals surface area contributed by atoms with E-state index in [0.29, 0.717) is 18.0 Å². The Morgan fingerprint density at radius 1 is 0.857 bits per heavy atom. The summed E-state index contributed by atoms with van der Waals surface area (Å²) in [5, 5.41) is 3.23. The first-order valence-corrected chi connectivity index (χ1v) is 20.2. The van der Waals surface area contributed by atoms with E-state index < -0.39 is 28.4 Å². The van der Waals surface area contributed by atoms with Crippen molar-refractivity contribution in [3.05, 3.63) is 24.3 Å². The summed E-state index contributed by atoms with van der Waals surface area (Å²) < 4.78 is 33.4. The minimum atomic E-state index is -3.36. The number of piperazine rings is 1. The van der Waals surface area contributed by atoms with Gasteiger partial charge in [-0.3, -0.25) is 0 Å². The zero-order chi connectivity index (χ0) is 20.5. The van der Waals surface area contributed by atoms with Gasteiger partial charge in [0.05, 0.1) is 0 Å². The van der Waals surface area contributed by atoms with Crippen molar-refractivity contribution in [1.82, 2.24) is 9.62 Å². The fourth-order valence-electron chi connectivity index (χ4n) is 4.37. The van der Waals surface area contributed by atoms with Gasteiger partial charge in [-0.05, 0) is 0 Å². The van der Waals surface area contributed by atoms with Crippen LogP contribution in [0.1, 0.15) is 59.3 Å². The van der Waals surface area contributed by atoms with E-state index in [1.807, 2.05) is 12.1 Å². The van der Waals surface area contributed by atoms with E-state index in [0.717, 1.165) is 13.1 Å². The van der Waals surface area contributed by atoms with Crippen LogP contribution >= 0.6 is 0 Å². The molecule has 0 bridgehead atoms.